The van der Waals surface area contributed by atoms with Crippen molar-refractivity contribution in [2.45, 2.75) is 86.0 Å². The van der Waals surface area contributed by atoms with Crippen LogP contribution in [0.1, 0.15) is 72.1 Å². The number of rotatable bonds is 2. The minimum atomic E-state index is -1.30. The van der Waals surface area contributed by atoms with Gasteiger partial charge >= 0.3 is 17.9 Å². The predicted molar refractivity (Wildman–Crippen MR) is 214 cm³/mol. The van der Waals surface area contributed by atoms with Gasteiger partial charge in [0.1, 0.15) is 17.6 Å². The van der Waals surface area contributed by atoms with Crippen LogP contribution < -0.4 is 14.5 Å². The number of para-hydroxylation sites is 2. The van der Waals surface area contributed by atoms with Gasteiger partial charge in [-0.25, -0.2) is 14.4 Å². The van der Waals surface area contributed by atoms with Crippen molar-refractivity contribution in [3.63, 3.8) is 0 Å². The summed E-state index contributed by atoms with van der Waals surface area (Å²) in [6.45, 7) is 6.98. The van der Waals surface area contributed by atoms with Crippen LogP contribution in [-0.4, -0.2) is 109 Å². The number of nitrogens with zero attached hydrogens (tertiary/aromatic N) is 4. The van der Waals surface area contributed by atoms with Gasteiger partial charge in [-0.3, -0.25) is 9.80 Å². The Balaban J connectivity index is 1.11. The van der Waals surface area contributed by atoms with E-state index in [4.69, 9.17) is 18.9 Å². The second kappa shape index (κ2) is 10.9. The number of hydrogen-bond donors (Lipinski definition) is 1. The maximum Gasteiger partial charge on any atom is 0.344 e. The van der Waals surface area contributed by atoms with E-state index in [1.807, 2.05) is 31.2 Å². The van der Waals surface area contributed by atoms with Gasteiger partial charge in [0.15, 0.2) is 11.5 Å². The van der Waals surface area contributed by atoms with E-state index in [1.165, 1.54) is 25.4 Å². The highest BCUT2D eigenvalue weighted by Gasteiger charge is 2.82. The number of carbonyl (C=O) groups excluding carboxylic acids is 3. The summed E-state index contributed by atoms with van der Waals surface area (Å²) in [5, 5.41) is 12.9. The Labute approximate surface area is 341 Å². The van der Waals surface area contributed by atoms with Crippen molar-refractivity contribution < 1.29 is 38.4 Å². The van der Waals surface area contributed by atoms with Gasteiger partial charge in [-0.05, 0) is 74.4 Å². The van der Waals surface area contributed by atoms with Gasteiger partial charge in [0, 0.05) is 55.0 Å². The molecule has 1 N–H and O–H groups in total. The lowest BCUT2D eigenvalue weighted by molar-refractivity contribution is -0.174. The van der Waals surface area contributed by atoms with Gasteiger partial charge in [0.2, 0.25) is 11.4 Å². The Hall–Kier alpha value is -5.33. The van der Waals surface area contributed by atoms with Crippen molar-refractivity contribution in [2.24, 2.45) is 11.8 Å². The van der Waals surface area contributed by atoms with Crippen LogP contribution in [0.2, 0.25) is 0 Å². The van der Waals surface area contributed by atoms with Crippen molar-refractivity contribution in [1.29, 1.82) is 0 Å². The van der Waals surface area contributed by atoms with Crippen molar-refractivity contribution in [1.82, 2.24) is 9.80 Å². The molecule has 10 aliphatic rings. The molecule has 0 aromatic heterocycles. The third kappa shape index (κ3) is 3.36. The summed E-state index contributed by atoms with van der Waals surface area (Å²) in [4.78, 5) is 52.9. The Morgan fingerprint density at radius 1 is 0.729 bits per heavy atom. The van der Waals surface area contributed by atoms with Crippen LogP contribution in [0, 0.1) is 11.8 Å². The first-order chi connectivity index (χ1) is 28.7. The van der Waals surface area contributed by atoms with E-state index in [1.54, 1.807) is 0 Å². The molecule has 0 saturated carbocycles. The number of anilines is 2. The first-order valence-corrected chi connectivity index (χ1v) is 21.2. The minimum Gasteiger partial charge on any atom is -0.504 e. The predicted octanol–water partition coefficient (Wildman–Crippen LogP) is 4.75. The molecule has 0 aliphatic carbocycles. The molecule has 2 unspecified atom stereocenters. The van der Waals surface area contributed by atoms with Gasteiger partial charge in [-0.2, -0.15) is 0 Å². The number of ether oxygens (including phenoxy) is 4. The summed E-state index contributed by atoms with van der Waals surface area (Å²) in [7, 11) is 2.89. The highest BCUT2D eigenvalue weighted by Crippen LogP contribution is 2.75. The average Bonchev–Trinajstić information content (AvgIpc) is 3.81. The average molecular weight is 795 g/mol. The SMILES string of the molecule is C/C=C1/CN2CCC34c5ccccc5N5[C@H](C(=O)OC)[C@H]1C[C@H]2C53OC(=O)c1c4cc2c(c1O)O[C@@]13[C@@H]4C[C@H]5/C(=C\C)CN4CC[C@@]21c1ccccc1N3[C@@H]5C(=O)OC. The standard InChI is InChI=1S/C47H46N4O8/c1-5-24-22-48-18-16-45-29-12-8-10-14-33(29)50-37(42(54)56-3)26(24)19-34(48)46(45,50)58-40-31(45)21-30-36(39(40)52)41(53)59-47-35-20-27-25(6-2)23-49(35)17-15-44(30,47)28-11-7-9-13-32(28)51(47)38(27)43(55)57-4/h5-14,21,26-27,34-35,37-38,52H,15-20,22-23H2,1-4H3/b24-5-,25-6-/t26-,27-,34-,35-,37-,38-,44?,45+,46-,47?/m0/s1. The number of phenolic OH excluding ortho intramolecular Hbond substituents is 1. The Kier molecular flexibility index (Phi) is 6.37. The minimum absolute atomic E-state index is 0.0910. The zero-order chi connectivity index (χ0) is 40.1. The van der Waals surface area contributed by atoms with Gasteiger partial charge < -0.3 is 33.9 Å². The van der Waals surface area contributed by atoms with Crippen molar-refractivity contribution in [2.75, 3.05) is 50.2 Å². The van der Waals surface area contributed by atoms with Crippen molar-refractivity contribution in [3.8, 4) is 11.5 Å². The Morgan fingerprint density at radius 3 is 1.73 bits per heavy atom. The molecule has 10 heterocycles. The molecule has 6 fully saturated rings. The molecule has 0 amide bonds. The van der Waals surface area contributed by atoms with E-state index >= 15 is 4.79 Å². The molecule has 12 nitrogen and oxygen atoms in total. The van der Waals surface area contributed by atoms with Gasteiger partial charge in [-0.1, -0.05) is 59.7 Å². The maximum absolute atomic E-state index is 15.2. The highest BCUT2D eigenvalue weighted by atomic mass is 16.6. The van der Waals surface area contributed by atoms with E-state index < -0.39 is 40.3 Å². The zero-order valence-electron chi connectivity index (χ0n) is 33.6. The molecule has 10 atom stereocenters. The summed E-state index contributed by atoms with van der Waals surface area (Å²) < 4.78 is 25.8. The molecule has 302 valence electrons. The smallest absolute Gasteiger partial charge is 0.344 e. The lowest BCUT2D eigenvalue weighted by Gasteiger charge is -2.67. The molecular weight excluding hydrogens is 749 g/mol. The molecule has 59 heavy (non-hydrogen) atoms. The molecule has 3 aromatic rings. The lowest BCUT2D eigenvalue weighted by atomic mass is 9.54. The summed E-state index contributed by atoms with van der Waals surface area (Å²) >= 11 is 0. The van der Waals surface area contributed by atoms with Crippen LogP contribution in [0.25, 0.3) is 0 Å². The van der Waals surface area contributed by atoms with Crippen LogP contribution in [0.3, 0.4) is 0 Å². The largest absolute Gasteiger partial charge is 0.504 e. The van der Waals surface area contributed by atoms with Crippen molar-refractivity contribution in [3.05, 3.63) is 106 Å². The maximum atomic E-state index is 15.2. The molecule has 4 bridgehead atoms. The third-order valence-corrected chi connectivity index (χ3v) is 17.0. The molecule has 0 radical (unpaired) electrons. The van der Waals surface area contributed by atoms with Crippen LogP contribution in [0.4, 0.5) is 11.4 Å². The molecule has 6 saturated heterocycles. The number of allylic oxidation sites excluding steroid dienone is 2. The third-order valence-electron chi connectivity index (χ3n) is 17.0. The van der Waals surface area contributed by atoms with E-state index in [9.17, 15) is 14.7 Å². The van der Waals surface area contributed by atoms with Gasteiger partial charge in [0.05, 0.1) is 37.1 Å². The molecule has 2 spiro atoms. The number of benzene rings is 3. The molecule has 3 aromatic carbocycles. The molecular formula is C47H46N4O8. The number of phenols is 1. The van der Waals surface area contributed by atoms with Crippen LogP contribution in [-0.2, 0) is 34.6 Å². The number of hydrogen-bond acceptors (Lipinski definition) is 12. The summed E-state index contributed by atoms with van der Waals surface area (Å²) in [5.41, 5.74) is 3.68. The second-order valence-corrected chi connectivity index (χ2v) is 18.3. The van der Waals surface area contributed by atoms with Crippen LogP contribution in [0.15, 0.2) is 77.9 Å². The van der Waals surface area contributed by atoms with Crippen LogP contribution >= 0.6 is 0 Å². The van der Waals surface area contributed by atoms with Gasteiger partial charge in [-0.15, -0.1) is 0 Å². The fourth-order valence-electron chi connectivity index (χ4n) is 15.1. The number of carbonyl (C=O) groups is 3. The zero-order valence-corrected chi connectivity index (χ0v) is 33.6. The van der Waals surface area contributed by atoms with E-state index in [-0.39, 0.29) is 52.9 Å². The second-order valence-electron chi connectivity index (χ2n) is 18.3. The lowest BCUT2D eigenvalue weighted by Crippen LogP contribution is -2.82. The van der Waals surface area contributed by atoms with E-state index in [2.05, 4.69) is 69.0 Å². The number of aromatic hydroxyl groups is 1. The number of piperidine rings is 6. The fraction of sp³-hybridized carbons (Fsp3) is 0.468. The first-order valence-electron chi connectivity index (χ1n) is 21.2. The Bertz CT molecular complexity index is 2570. The fourth-order valence-corrected chi connectivity index (χ4v) is 15.1. The quantitative estimate of drug-likeness (QED) is 0.219. The number of fused-ring (bicyclic) bond motifs is 8. The topological polar surface area (TPSA) is 121 Å². The van der Waals surface area contributed by atoms with Crippen molar-refractivity contribution >= 4 is 29.3 Å². The summed E-state index contributed by atoms with van der Waals surface area (Å²) in [6.07, 6.45) is 6.83. The summed E-state index contributed by atoms with van der Waals surface area (Å²) in [5.74, 6) is -1.49. The van der Waals surface area contributed by atoms with Gasteiger partial charge in [0.25, 0.3) is 0 Å². The molecule has 10 aliphatic heterocycles. The van der Waals surface area contributed by atoms with Crippen LogP contribution in [0.5, 0.6) is 11.5 Å². The van der Waals surface area contributed by atoms with E-state index in [0.717, 1.165) is 41.2 Å². The Morgan fingerprint density at radius 2 is 1.22 bits per heavy atom. The highest BCUT2D eigenvalue weighted by molar-refractivity contribution is 6.02. The number of methoxy groups -OCH3 is 2. The first kappa shape index (κ1) is 34.5. The monoisotopic (exact) mass is 794 g/mol. The molecule has 12 heteroatoms. The van der Waals surface area contributed by atoms with E-state index in [0.29, 0.717) is 44.3 Å². The molecule has 13 rings (SSSR count). The number of esters is 3. The normalized spacial score (nSPS) is 39.6. The summed E-state index contributed by atoms with van der Waals surface area (Å²) in [6, 6.07) is 16.9.